The Bertz CT molecular complexity index is 1590. The van der Waals surface area contributed by atoms with Crippen molar-refractivity contribution in [1.29, 1.82) is 0 Å². The Morgan fingerprint density at radius 2 is 1.89 bits per heavy atom. The van der Waals surface area contributed by atoms with E-state index in [0.717, 1.165) is 22.0 Å². The van der Waals surface area contributed by atoms with Crippen LogP contribution < -0.4 is 14.3 Å². The molecule has 2 aromatic heterocycles. The molecule has 0 saturated heterocycles. The first-order chi connectivity index (χ1) is 17.2. The van der Waals surface area contributed by atoms with E-state index in [1.54, 1.807) is 43.6 Å². The van der Waals surface area contributed by atoms with Crippen molar-refractivity contribution in [3.63, 3.8) is 0 Å². The number of hydrogen-bond acceptors (Lipinski definition) is 7. The lowest BCUT2D eigenvalue weighted by Gasteiger charge is -2.11. The van der Waals surface area contributed by atoms with E-state index in [0.29, 0.717) is 27.6 Å². The number of pyridine rings is 1. The van der Waals surface area contributed by atoms with Crippen LogP contribution >= 0.6 is 11.3 Å². The standard InChI is InChI=1S/C27H22N4O3S/c1-33-20-10-12-26(34-2)22(14-20)24-17-35-27(30-19-7-5-13-28-15-19)31(24)29-16-23-21-8-4-3-6-18(21)9-11-25(23)32/h3-17,32H,1-2H3. The molecule has 8 heteroatoms. The van der Waals surface area contributed by atoms with E-state index in [9.17, 15) is 5.11 Å². The van der Waals surface area contributed by atoms with Crippen molar-refractivity contribution in [1.82, 2.24) is 9.66 Å². The van der Waals surface area contributed by atoms with Crippen molar-refractivity contribution in [2.75, 3.05) is 14.2 Å². The Kier molecular flexibility index (Phi) is 6.28. The van der Waals surface area contributed by atoms with Gasteiger partial charge in [0.25, 0.3) is 0 Å². The Morgan fingerprint density at radius 1 is 1.00 bits per heavy atom. The number of nitrogens with zero attached hydrogens (tertiary/aromatic N) is 4. The number of aromatic nitrogens is 2. The van der Waals surface area contributed by atoms with Crippen LogP contribution in [0.2, 0.25) is 0 Å². The highest BCUT2D eigenvalue weighted by atomic mass is 32.1. The van der Waals surface area contributed by atoms with E-state index in [1.807, 2.05) is 66.0 Å². The number of rotatable bonds is 6. The lowest BCUT2D eigenvalue weighted by atomic mass is 10.0. The molecule has 0 aliphatic rings. The second-order valence-electron chi connectivity index (χ2n) is 7.57. The van der Waals surface area contributed by atoms with Crippen LogP contribution in [0.5, 0.6) is 17.2 Å². The van der Waals surface area contributed by atoms with E-state index in [1.165, 1.54) is 11.3 Å². The van der Waals surface area contributed by atoms with Gasteiger partial charge in [-0.3, -0.25) is 4.98 Å². The van der Waals surface area contributed by atoms with Gasteiger partial charge in [-0.1, -0.05) is 30.3 Å². The lowest BCUT2D eigenvalue weighted by Crippen LogP contribution is -2.12. The van der Waals surface area contributed by atoms with Crippen LogP contribution in [-0.2, 0) is 0 Å². The molecule has 0 unspecified atom stereocenters. The molecule has 0 radical (unpaired) electrons. The molecule has 5 aromatic rings. The second-order valence-corrected chi connectivity index (χ2v) is 8.41. The summed E-state index contributed by atoms with van der Waals surface area (Å²) in [6, 6.07) is 20.7. The highest BCUT2D eigenvalue weighted by Gasteiger charge is 2.15. The van der Waals surface area contributed by atoms with Gasteiger partial charge in [0.1, 0.15) is 17.2 Å². The highest BCUT2D eigenvalue weighted by molar-refractivity contribution is 7.07. The van der Waals surface area contributed by atoms with E-state index < -0.39 is 0 Å². The Hall–Kier alpha value is -4.43. The van der Waals surface area contributed by atoms with Crippen molar-refractivity contribution in [3.8, 4) is 28.5 Å². The second kappa shape index (κ2) is 9.82. The maximum atomic E-state index is 10.6. The quantitative estimate of drug-likeness (QED) is 0.319. The van der Waals surface area contributed by atoms with Crippen molar-refractivity contribution < 1.29 is 14.6 Å². The summed E-state index contributed by atoms with van der Waals surface area (Å²) in [6.45, 7) is 0. The number of aromatic hydroxyl groups is 1. The monoisotopic (exact) mass is 482 g/mol. The minimum absolute atomic E-state index is 0.148. The summed E-state index contributed by atoms with van der Waals surface area (Å²) in [6.07, 6.45) is 5.05. The van der Waals surface area contributed by atoms with Crippen molar-refractivity contribution in [3.05, 3.63) is 94.9 Å². The number of hydrogen-bond donors (Lipinski definition) is 1. The number of thiazole rings is 1. The summed E-state index contributed by atoms with van der Waals surface area (Å²) in [5.41, 5.74) is 2.90. The van der Waals surface area contributed by atoms with Gasteiger partial charge in [-0.15, -0.1) is 11.3 Å². The zero-order chi connectivity index (χ0) is 24.2. The Balaban J connectivity index is 1.73. The topological polar surface area (TPSA) is 81.2 Å². The van der Waals surface area contributed by atoms with Gasteiger partial charge in [0, 0.05) is 22.7 Å². The summed E-state index contributed by atoms with van der Waals surface area (Å²) in [7, 11) is 3.25. The number of ether oxygens (including phenoxy) is 2. The predicted octanol–water partition coefficient (Wildman–Crippen LogP) is 5.60. The first-order valence-electron chi connectivity index (χ1n) is 10.8. The fourth-order valence-electron chi connectivity index (χ4n) is 3.75. The molecule has 0 spiro atoms. The fraction of sp³-hybridized carbons (Fsp3) is 0.0741. The molecule has 1 N–H and O–H groups in total. The first kappa shape index (κ1) is 22.4. The molecule has 0 aliphatic heterocycles. The van der Waals surface area contributed by atoms with Crippen molar-refractivity contribution in [2.24, 2.45) is 10.1 Å². The SMILES string of the molecule is COc1ccc(OC)c(-c2csc(=Nc3cccnc3)n2N=Cc2c(O)ccc3ccccc23)c1. The molecule has 0 amide bonds. The van der Waals surface area contributed by atoms with Crippen LogP contribution in [0.3, 0.4) is 0 Å². The summed E-state index contributed by atoms with van der Waals surface area (Å²) < 4.78 is 12.8. The minimum Gasteiger partial charge on any atom is -0.507 e. The number of phenolic OH excluding ortho intramolecular Hbond substituents is 1. The zero-order valence-corrected chi connectivity index (χ0v) is 19.9. The molecule has 0 saturated carbocycles. The molecule has 3 aromatic carbocycles. The van der Waals surface area contributed by atoms with E-state index in [2.05, 4.69) is 4.98 Å². The molecule has 5 rings (SSSR count). The van der Waals surface area contributed by atoms with Gasteiger partial charge in [-0.25, -0.2) is 9.67 Å². The third-order valence-electron chi connectivity index (χ3n) is 5.49. The lowest BCUT2D eigenvalue weighted by molar-refractivity contribution is 0.404. The summed E-state index contributed by atoms with van der Waals surface area (Å²) in [5.74, 6) is 1.52. The van der Waals surface area contributed by atoms with Crippen molar-refractivity contribution in [2.45, 2.75) is 0 Å². The smallest absolute Gasteiger partial charge is 0.211 e. The maximum absolute atomic E-state index is 10.6. The molecule has 2 heterocycles. The third-order valence-corrected chi connectivity index (χ3v) is 6.30. The average Bonchev–Trinajstić information content (AvgIpc) is 3.30. The molecule has 0 aliphatic carbocycles. The number of methoxy groups -OCH3 is 2. The van der Waals surface area contributed by atoms with Gasteiger partial charge in [-0.05, 0) is 47.2 Å². The molecule has 7 nitrogen and oxygen atoms in total. The molecule has 35 heavy (non-hydrogen) atoms. The summed E-state index contributed by atoms with van der Waals surface area (Å²) >= 11 is 1.44. The van der Waals surface area contributed by atoms with E-state index in [-0.39, 0.29) is 5.75 Å². The largest absolute Gasteiger partial charge is 0.507 e. The Morgan fingerprint density at radius 3 is 2.69 bits per heavy atom. The Labute approximate surface area is 205 Å². The van der Waals surface area contributed by atoms with Gasteiger partial charge in [-0.2, -0.15) is 5.10 Å². The van der Waals surface area contributed by atoms with E-state index in [4.69, 9.17) is 19.6 Å². The van der Waals surface area contributed by atoms with Gasteiger partial charge >= 0.3 is 0 Å². The third kappa shape index (κ3) is 4.51. The minimum atomic E-state index is 0.148. The van der Waals surface area contributed by atoms with Crippen LogP contribution in [0.4, 0.5) is 5.69 Å². The van der Waals surface area contributed by atoms with Crippen molar-refractivity contribution >= 4 is 34.0 Å². The van der Waals surface area contributed by atoms with Crippen LogP contribution in [-0.4, -0.2) is 35.2 Å². The highest BCUT2D eigenvalue weighted by Crippen LogP contribution is 2.34. The van der Waals surface area contributed by atoms with E-state index >= 15 is 0 Å². The fourth-order valence-corrected chi connectivity index (χ4v) is 4.60. The zero-order valence-electron chi connectivity index (χ0n) is 19.1. The van der Waals surface area contributed by atoms with Crippen LogP contribution in [0.1, 0.15) is 5.56 Å². The van der Waals surface area contributed by atoms with Gasteiger partial charge in [0.15, 0.2) is 0 Å². The molecular formula is C27H22N4O3S. The molecular weight excluding hydrogens is 460 g/mol. The van der Waals surface area contributed by atoms with Gasteiger partial charge in [0.05, 0.1) is 38.0 Å². The van der Waals surface area contributed by atoms with Crippen LogP contribution in [0.25, 0.3) is 22.0 Å². The van der Waals surface area contributed by atoms with Crippen LogP contribution in [0.15, 0.2) is 94.6 Å². The molecule has 174 valence electrons. The van der Waals surface area contributed by atoms with Gasteiger partial charge in [0.2, 0.25) is 4.80 Å². The summed E-state index contributed by atoms with van der Waals surface area (Å²) in [5, 5.41) is 19.3. The van der Waals surface area contributed by atoms with Crippen LogP contribution in [0, 0.1) is 0 Å². The number of phenols is 1. The first-order valence-corrected chi connectivity index (χ1v) is 11.7. The summed E-state index contributed by atoms with van der Waals surface area (Å²) in [4.78, 5) is 9.54. The molecule has 0 bridgehead atoms. The van der Waals surface area contributed by atoms with Gasteiger partial charge < -0.3 is 14.6 Å². The number of fused-ring (bicyclic) bond motifs is 1. The predicted molar refractivity (Wildman–Crippen MR) is 139 cm³/mol. The normalized spacial score (nSPS) is 11.9. The molecule has 0 fully saturated rings. The average molecular weight is 483 g/mol. The molecule has 0 atom stereocenters. The number of benzene rings is 3. The maximum Gasteiger partial charge on any atom is 0.211 e.